The second-order valence-electron chi connectivity index (χ2n) is 7.87. The van der Waals surface area contributed by atoms with Gasteiger partial charge in [0.25, 0.3) is 0 Å². The standard InChI is InChI=1S/C22H26FN3O2/c1-22(2,17-7-9-18(23)10-8-17)21(28)26-14-16(15-26)20(27)25(3)13-11-19-6-4-5-12-24-19/h4-10,12,16H,11,13-15H2,1-3H3. The third-order valence-corrected chi connectivity index (χ3v) is 5.42. The third kappa shape index (κ3) is 4.21. The zero-order chi connectivity index (χ0) is 20.3. The van der Waals surface area contributed by atoms with Crippen molar-refractivity contribution < 1.29 is 14.0 Å². The van der Waals surface area contributed by atoms with Gasteiger partial charge in [-0.2, -0.15) is 0 Å². The molecule has 0 unspecified atom stereocenters. The molecule has 1 aliphatic rings. The molecular weight excluding hydrogens is 357 g/mol. The summed E-state index contributed by atoms with van der Waals surface area (Å²) in [4.78, 5) is 33.2. The number of hydrogen-bond acceptors (Lipinski definition) is 3. The van der Waals surface area contributed by atoms with E-state index in [1.165, 1.54) is 12.1 Å². The second-order valence-corrected chi connectivity index (χ2v) is 7.87. The molecule has 1 aliphatic heterocycles. The summed E-state index contributed by atoms with van der Waals surface area (Å²) in [6.45, 7) is 5.11. The molecular formula is C22H26FN3O2. The van der Waals surface area contributed by atoms with E-state index in [0.29, 0.717) is 26.1 Å². The Balaban J connectivity index is 1.52. The predicted octanol–water partition coefficient (Wildman–Crippen LogP) is 2.66. The molecule has 1 saturated heterocycles. The molecule has 0 spiro atoms. The molecule has 148 valence electrons. The van der Waals surface area contributed by atoms with Crippen LogP contribution in [0.15, 0.2) is 48.7 Å². The molecule has 2 heterocycles. The number of aromatic nitrogens is 1. The van der Waals surface area contributed by atoms with Crippen molar-refractivity contribution in [2.24, 2.45) is 5.92 Å². The monoisotopic (exact) mass is 383 g/mol. The number of benzene rings is 1. The highest BCUT2D eigenvalue weighted by Crippen LogP contribution is 2.30. The predicted molar refractivity (Wildman–Crippen MR) is 105 cm³/mol. The molecule has 1 fully saturated rings. The number of halogens is 1. The van der Waals surface area contributed by atoms with Crippen LogP contribution in [0.25, 0.3) is 0 Å². The largest absolute Gasteiger partial charge is 0.345 e. The summed E-state index contributed by atoms with van der Waals surface area (Å²) in [5.41, 5.74) is 0.960. The number of likely N-dealkylation sites (N-methyl/N-ethyl adjacent to an activating group) is 1. The number of carbonyl (C=O) groups is 2. The van der Waals surface area contributed by atoms with Crippen LogP contribution in [-0.4, -0.2) is 53.3 Å². The van der Waals surface area contributed by atoms with Gasteiger partial charge in [0, 0.05) is 45.0 Å². The average Bonchev–Trinajstić information content (AvgIpc) is 2.65. The first kappa shape index (κ1) is 20.0. The van der Waals surface area contributed by atoms with E-state index < -0.39 is 5.41 Å². The van der Waals surface area contributed by atoms with Crippen molar-refractivity contribution in [1.29, 1.82) is 0 Å². The zero-order valence-electron chi connectivity index (χ0n) is 16.6. The lowest BCUT2D eigenvalue weighted by molar-refractivity contribution is -0.150. The first-order chi connectivity index (χ1) is 13.3. The lowest BCUT2D eigenvalue weighted by atomic mass is 9.81. The minimum atomic E-state index is -0.757. The van der Waals surface area contributed by atoms with E-state index in [9.17, 15) is 14.0 Å². The van der Waals surface area contributed by atoms with Crippen molar-refractivity contribution in [3.63, 3.8) is 0 Å². The van der Waals surface area contributed by atoms with Crippen molar-refractivity contribution in [3.8, 4) is 0 Å². The van der Waals surface area contributed by atoms with Gasteiger partial charge < -0.3 is 9.80 Å². The first-order valence-electron chi connectivity index (χ1n) is 9.49. The van der Waals surface area contributed by atoms with Crippen LogP contribution in [0.2, 0.25) is 0 Å². The Morgan fingerprint density at radius 3 is 2.46 bits per heavy atom. The van der Waals surface area contributed by atoms with Crippen molar-refractivity contribution in [2.45, 2.75) is 25.7 Å². The van der Waals surface area contributed by atoms with Crippen molar-refractivity contribution in [3.05, 3.63) is 65.7 Å². The summed E-state index contributed by atoms with van der Waals surface area (Å²) in [7, 11) is 1.79. The summed E-state index contributed by atoms with van der Waals surface area (Å²) in [6, 6.07) is 11.8. The minimum Gasteiger partial charge on any atom is -0.345 e. The Morgan fingerprint density at radius 2 is 1.86 bits per heavy atom. The summed E-state index contributed by atoms with van der Waals surface area (Å²) in [6.07, 6.45) is 2.45. The molecule has 0 aliphatic carbocycles. The number of amides is 2. The van der Waals surface area contributed by atoms with Gasteiger partial charge in [-0.15, -0.1) is 0 Å². The maximum atomic E-state index is 13.2. The van der Waals surface area contributed by atoms with Gasteiger partial charge in [-0.3, -0.25) is 14.6 Å². The molecule has 0 bridgehead atoms. The van der Waals surface area contributed by atoms with Crippen molar-refractivity contribution in [2.75, 3.05) is 26.7 Å². The van der Waals surface area contributed by atoms with E-state index in [-0.39, 0.29) is 23.5 Å². The van der Waals surface area contributed by atoms with Gasteiger partial charge in [0.1, 0.15) is 5.82 Å². The smallest absolute Gasteiger partial charge is 0.232 e. The lowest BCUT2D eigenvalue weighted by Crippen LogP contribution is -2.59. The molecule has 6 heteroatoms. The van der Waals surface area contributed by atoms with Gasteiger partial charge in [-0.05, 0) is 43.7 Å². The third-order valence-electron chi connectivity index (χ3n) is 5.42. The van der Waals surface area contributed by atoms with E-state index in [4.69, 9.17) is 0 Å². The number of rotatable bonds is 6. The number of nitrogens with zero attached hydrogens (tertiary/aromatic N) is 3. The van der Waals surface area contributed by atoms with Crippen molar-refractivity contribution in [1.82, 2.24) is 14.8 Å². The Labute approximate surface area is 165 Å². The molecule has 3 rings (SSSR count). The van der Waals surface area contributed by atoms with Crippen LogP contribution in [0.3, 0.4) is 0 Å². The topological polar surface area (TPSA) is 53.5 Å². The highest BCUT2D eigenvalue weighted by Gasteiger charge is 2.42. The molecule has 5 nitrogen and oxygen atoms in total. The minimum absolute atomic E-state index is 0.0423. The van der Waals surface area contributed by atoms with Crippen LogP contribution in [-0.2, 0) is 21.4 Å². The van der Waals surface area contributed by atoms with Gasteiger partial charge in [-0.25, -0.2) is 4.39 Å². The number of carbonyl (C=O) groups excluding carboxylic acids is 2. The van der Waals surface area contributed by atoms with E-state index in [0.717, 1.165) is 11.3 Å². The Kier molecular flexibility index (Phi) is 5.77. The molecule has 0 atom stereocenters. The van der Waals surface area contributed by atoms with Crippen LogP contribution in [0.4, 0.5) is 4.39 Å². The van der Waals surface area contributed by atoms with Crippen LogP contribution in [0, 0.1) is 11.7 Å². The number of likely N-dealkylation sites (tertiary alicyclic amines) is 1. The van der Waals surface area contributed by atoms with E-state index in [1.54, 1.807) is 35.2 Å². The fraction of sp³-hybridized carbons (Fsp3) is 0.409. The summed E-state index contributed by atoms with van der Waals surface area (Å²) >= 11 is 0. The fourth-order valence-corrected chi connectivity index (χ4v) is 3.44. The lowest BCUT2D eigenvalue weighted by Gasteiger charge is -2.43. The van der Waals surface area contributed by atoms with Crippen LogP contribution in [0.5, 0.6) is 0 Å². The molecule has 0 saturated carbocycles. The van der Waals surface area contributed by atoms with E-state index >= 15 is 0 Å². The van der Waals surface area contributed by atoms with Crippen LogP contribution >= 0.6 is 0 Å². The normalized spacial score (nSPS) is 14.5. The number of pyridine rings is 1. The SMILES string of the molecule is CN(CCc1ccccn1)C(=O)C1CN(C(=O)C(C)(C)c2ccc(F)cc2)C1. The Morgan fingerprint density at radius 1 is 1.18 bits per heavy atom. The number of hydrogen-bond donors (Lipinski definition) is 0. The summed E-state index contributed by atoms with van der Waals surface area (Å²) in [5.74, 6) is -0.476. The van der Waals surface area contributed by atoms with E-state index in [1.807, 2.05) is 32.0 Å². The highest BCUT2D eigenvalue weighted by atomic mass is 19.1. The molecule has 0 radical (unpaired) electrons. The quantitative estimate of drug-likeness (QED) is 0.771. The molecule has 2 amide bonds. The van der Waals surface area contributed by atoms with Gasteiger partial charge in [0.2, 0.25) is 11.8 Å². The Hall–Kier alpha value is -2.76. The summed E-state index contributed by atoms with van der Waals surface area (Å²) < 4.78 is 13.2. The average molecular weight is 383 g/mol. The van der Waals surface area contributed by atoms with Gasteiger partial charge in [0.05, 0.1) is 11.3 Å². The molecule has 1 aromatic heterocycles. The molecule has 0 N–H and O–H groups in total. The van der Waals surface area contributed by atoms with Gasteiger partial charge in [-0.1, -0.05) is 18.2 Å². The zero-order valence-corrected chi connectivity index (χ0v) is 16.6. The maximum Gasteiger partial charge on any atom is 0.232 e. The maximum absolute atomic E-state index is 13.2. The van der Waals surface area contributed by atoms with Crippen LogP contribution in [0.1, 0.15) is 25.1 Å². The van der Waals surface area contributed by atoms with E-state index in [2.05, 4.69) is 4.98 Å². The summed E-state index contributed by atoms with van der Waals surface area (Å²) in [5, 5.41) is 0. The highest BCUT2D eigenvalue weighted by molar-refractivity contribution is 5.90. The fourth-order valence-electron chi connectivity index (χ4n) is 3.44. The molecule has 2 aromatic rings. The van der Waals surface area contributed by atoms with Gasteiger partial charge >= 0.3 is 0 Å². The van der Waals surface area contributed by atoms with Crippen molar-refractivity contribution >= 4 is 11.8 Å². The van der Waals surface area contributed by atoms with Crippen LogP contribution < -0.4 is 0 Å². The molecule has 1 aromatic carbocycles. The Bertz CT molecular complexity index is 831. The first-order valence-corrected chi connectivity index (χ1v) is 9.49. The molecule has 28 heavy (non-hydrogen) atoms. The second kappa shape index (κ2) is 8.09. The van der Waals surface area contributed by atoms with Gasteiger partial charge in [0.15, 0.2) is 0 Å².